The second-order valence-corrected chi connectivity index (χ2v) is 3.63. The first-order valence-corrected chi connectivity index (χ1v) is 5.35. The Labute approximate surface area is 109 Å². The topological polar surface area (TPSA) is 64.6 Å². The summed E-state index contributed by atoms with van der Waals surface area (Å²) >= 11 is 5.73. The lowest BCUT2D eigenvalue weighted by Gasteiger charge is -2.05. The van der Waals surface area contributed by atoms with E-state index in [1.165, 1.54) is 20.4 Å². The standard InChI is InChI=1S/C12H12ClNO4/c1-17-11(15)10(12(16)18-2)7-14-9-5-3-8(13)4-6-9/h3-7,14H,1-2H3. The van der Waals surface area contributed by atoms with Gasteiger partial charge < -0.3 is 14.8 Å². The summed E-state index contributed by atoms with van der Waals surface area (Å²) in [5, 5.41) is 3.37. The number of rotatable bonds is 4. The van der Waals surface area contributed by atoms with Gasteiger partial charge >= 0.3 is 11.9 Å². The molecule has 18 heavy (non-hydrogen) atoms. The van der Waals surface area contributed by atoms with E-state index in [1.54, 1.807) is 24.3 Å². The van der Waals surface area contributed by atoms with Crippen molar-refractivity contribution in [3.63, 3.8) is 0 Å². The Hall–Kier alpha value is -2.01. The summed E-state index contributed by atoms with van der Waals surface area (Å²) in [6.07, 6.45) is 1.22. The Bertz CT molecular complexity index is 449. The molecule has 0 atom stereocenters. The van der Waals surface area contributed by atoms with Gasteiger partial charge in [0.25, 0.3) is 0 Å². The van der Waals surface area contributed by atoms with Crippen molar-refractivity contribution >= 4 is 29.2 Å². The molecule has 0 fully saturated rings. The molecule has 0 bridgehead atoms. The van der Waals surface area contributed by atoms with Crippen molar-refractivity contribution < 1.29 is 19.1 Å². The molecule has 0 unspecified atom stereocenters. The highest BCUT2D eigenvalue weighted by Crippen LogP contribution is 2.14. The van der Waals surface area contributed by atoms with Crippen molar-refractivity contribution in [1.29, 1.82) is 0 Å². The molecule has 0 amide bonds. The highest BCUT2D eigenvalue weighted by atomic mass is 35.5. The van der Waals surface area contributed by atoms with Crippen LogP contribution in [-0.2, 0) is 19.1 Å². The fourth-order valence-electron chi connectivity index (χ4n) is 1.12. The average Bonchev–Trinajstić information content (AvgIpc) is 2.40. The third-order valence-electron chi connectivity index (χ3n) is 2.04. The molecule has 1 aromatic rings. The molecule has 1 aromatic carbocycles. The van der Waals surface area contributed by atoms with E-state index in [4.69, 9.17) is 11.6 Å². The Balaban J connectivity index is 2.86. The van der Waals surface area contributed by atoms with E-state index in [0.29, 0.717) is 10.7 Å². The molecule has 0 saturated heterocycles. The second-order valence-electron chi connectivity index (χ2n) is 3.19. The van der Waals surface area contributed by atoms with Crippen LogP contribution in [0.15, 0.2) is 36.0 Å². The average molecular weight is 270 g/mol. The van der Waals surface area contributed by atoms with Gasteiger partial charge in [0.05, 0.1) is 14.2 Å². The fraction of sp³-hybridized carbons (Fsp3) is 0.167. The van der Waals surface area contributed by atoms with Crippen LogP contribution in [0.4, 0.5) is 5.69 Å². The monoisotopic (exact) mass is 269 g/mol. The van der Waals surface area contributed by atoms with E-state index in [2.05, 4.69) is 14.8 Å². The lowest BCUT2D eigenvalue weighted by molar-refractivity contribution is -0.144. The molecule has 0 radical (unpaired) electrons. The maximum absolute atomic E-state index is 11.3. The molecular weight excluding hydrogens is 258 g/mol. The van der Waals surface area contributed by atoms with E-state index in [0.717, 1.165) is 0 Å². The summed E-state index contributed by atoms with van der Waals surface area (Å²) in [5.41, 5.74) is 0.444. The summed E-state index contributed by atoms with van der Waals surface area (Å²) in [4.78, 5) is 22.7. The molecule has 0 aliphatic carbocycles. The minimum Gasteiger partial charge on any atom is -0.465 e. The number of hydrogen-bond acceptors (Lipinski definition) is 5. The summed E-state index contributed by atoms with van der Waals surface area (Å²) < 4.78 is 8.95. The quantitative estimate of drug-likeness (QED) is 0.392. The molecule has 6 heteroatoms. The van der Waals surface area contributed by atoms with Crippen LogP contribution in [-0.4, -0.2) is 26.2 Å². The van der Waals surface area contributed by atoms with Crippen molar-refractivity contribution in [2.24, 2.45) is 0 Å². The molecule has 96 valence electrons. The van der Waals surface area contributed by atoms with E-state index >= 15 is 0 Å². The molecule has 1 rings (SSSR count). The first-order chi connectivity index (χ1) is 8.58. The number of nitrogens with one attached hydrogen (secondary N) is 1. The van der Waals surface area contributed by atoms with Gasteiger partial charge in [0, 0.05) is 16.9 Å². The Morgan fingerprint density at radius 3 is 2.06 bits per heavy atom. The summed E-state index contributed by atoms with van der Waals surface area (Å²) in [6, 6.07) is 6.75. The van der Waals surface area contributed by atoms with Gasteiger partial charge in [-0.25, -0.2) is 9.59 Å². The number of carbonyl (C=O) groups excluding carboxylic acids is 2. The Kier molecular flexibility index (Phi) is 5.20. The van der Waals surface area contributed by atoms with Gasteiger partial charge in [-0.2, -0.15) is 0 Å². The Morgan fingerprint density at radius 2 is 1.61 bits per heavy atom. The zero-order chi connectivity index (χ0) is 13.5. The maximum Gasteiger partial charge on any atom is 0.346 e. The zero-order valence-electron chi connectivity index (χ0n) is 9.90. The van der Waals surface area contributed by atoms with Crippen LogP contribution in [0, 0.1) is 0 Å². The first-order valence-electron chi connectivity index (χ1n) is 4.97. The smallest absolute Gasteiger partial charge is 0.346 e. The van der Waals surface area contributed by atoms with Gasteiger partial charge in [-0.05, 0) is 24.3 Å². The summed E-state index contributed by atoms with van der Waals surface area (Å²) in [5.74, 6) is -1.55. The van der Waals surface area contributed by atoms with Crippen LogP contribution in [0.2, 0.25) is 5.02 Å². The Morgan fingerprint density at radius 1 is 1.11 bits per heavy atom. The second kappa shape index (κ2) is 6.66. The van der Waals surface area contributed by atoms with Crippen molar-refractivity contribution in [2.45, 2.75) is 0 Å². The van der Waals surface area contributed by atoms with E-state index in [1.807, 2.05) is 0 Å². The van der Waals surface area contributed by atoms with E-state index < -0.39 is 11.9 Å². The highest BCUT2D eigenvalue weighted by Gasteiger charge is 2.19. The summed E-state index contributed by atoms with van der Waals surface area (Å²) in [6.45, 7) is 0. The van der Waals surface area contributed by atoms with Crippen LogP contribution in [0.1, 0.15) is 0 Å². The number of carbonyl (C=O) groups is 2. The van der Waals surface area contributed by atoms with Crippen molar-refractivity contribution in [1.82, 2.24) is 0 Å². The van der Waals surface area contributed by atoms with Crippen LogP contribution in [0.5, 0.6) is 0 Å². The fourth-order valence-corrected chi connectivity index (χ4v) is 1.25. The van der Waals surface area contributed by atoms with Crippen LogP contribution in [0.3, 0.4) is 0 Å². The van der Waals surface area contributed by atoms with Gasteiger partial charge in [0.2, 0.25) is 0 Å². The number of esters is 2. The number of benzene rings is 1. The number of methoxy groups -OCH3 is 2. The third kappa shape index (κ3) is 3.78. The van der Waals surface area contributed by atoms with Gasteiger partial charge in [-0.3, -0.25) is 0 Å². The lowest BCUT2D eigenvalue weighted by Crippen LogP contribution is -2.17. The third-order valence-corrected chi connectivity index (χ3v) is 2.29. The SMILES string of the molecule is COC(=O)C(=CNc1ccc(Cl)cc1)C(=O)OC. The van der Waals surface area contributed by atoms with Gasteiger partial charge in [0.15, 0.2) is 5.57 Å². The maximum atomic E-state index is 11.3. The molecular formula is C12H12ClNO4. The molecule has 1 N–H and O–H groups in total. The van der Waals surface area contributed by atoms with E-state index in [-0.39, 0.29) is 5.57 Å². The van der Waals surface area contributed by atoms with Crippen molar-refractivity contribution in [2.75, 3.05) is 19.5 Å². The van der Waals surface area contributed by atoms with Gasteiger partial charge in [0.1, 0.15) is 0 Å². The number of anilines is 1. The minimum atomic E-state index is -0.775. The van der Waals surface area contributed by atoms with Gasteiger partial charge in [-0.1, -0.05) is 11.6 Å². The molecule has 0 heterocycles. The predicted molar refractivity (Wildman–Crippen MR) is 67.2 cm³/mol. The largest absolute Gasteiger partial charge is 0.465 e. The number of halogens is 1. The zero-order valence-corrected chi connectivity index (χ0v) is 10.7. The molecule has 0 aliphatic heterocycles. The van der Waals surface area contributed by atoms with Crippen molar-refractivity contribution in [3.8, 4) is 0 Å². The van der Waals surface area contributed by atoms with Crippen LogP contribution >= 0.6 is 11.6 Å². The van der Waals surface area contributed by atoms with Crippen molar-refractivity contribution in [3.05, 3.63) is 41.1 Å². The lowest BCUT2D eigenvalue weighted by atomic mass is 10.3. The normalized spacial score (nSPS) is 9.28. The van der Waals surface area contributed by atoms with E-state index in [9.17, 15) is 9.59 Å². The highest BCUT2D eigenvalue weighted by molar-refractivity contribution is 6.30. The summed E-state index contributed by atoms with van der Waals surface area (Å²) in [7, 11) is 2.36. The number of hydrogen-bond donors (Lipinski definition) is 1. The predicted octanol–water partition coefficient (Wildman–Crippen LogP) is 1.98. The first kappa shape index (κ1) is 14.1. The molecule has 0 saturated carbocycles. The molecule has 5 nitrogen and oxygen atoms in total. The molecule has 0 spiro atoms. The minimum absolute atomic E-state index is 0.227. The van der Waals surface area contributed by atoms with Crippen LogP contribution < -0.4 is 5.32 Å². The van der Waals surface area contributed by atoms with Gasteiger partial charge in [-0.15, -0.1) is 0 Å². The molecule has 0 aliphatic rings. The number of ether oxygens (including phenoxy) is 2. The molecule has 0 aromatic heterocycles. The van der Waals surface area contributed by atoms with Crippen LogP contribution in [0.25, 0.3) is 0 Å².